The van der Waals surface area contributed by atoms with Crippen LogP contribution in [0.15, 0.2) is 58.5 Å². The lowest BCUT2D eigenvalue weighted by Gasteiger charge is -2.14. The van der Waals surface area contributed by atoms with Crippen molar-refractivity contribution in [1.29, 1.82) is 0 Å². The van der Waals surface area contributed by atoms with Crippen LogP contribution in [0.1, 0.15) is 32.1 Å². The van der Waals surface area contributed by atoms with E-state index in [1.54, 1.807) is 22.8 Å². The monoisotopic (exact) mass is 484 g/mol. The maximum Gasteiger partial charge on any atom is 0.266 e. The van der Waals surface area contributed by atoms with Gasteiger partial charge in [0.25, 0.3) is 5.56 Å². The molecule has 1 aliphatic rings. The third kappa shape index (κ3) is 6.37. The zero-order valence-electron chi connectivity index (χ0n) is 18.6. The first-order chi connectivity index (χ1) is 16.1. The van der Waals surface area contributed by atoms with Crippen LogP contribution in [0.2, 0.25) is 5.02 Å². The van der Waals surface area contributed by atoms with Gasteiger partial charge < -0.3 is 10.2 Å². The Morgan fingerprint density at radius 1 is 1.09 bits per heavy atom. The van der Waals surface area contributed by atoms with Crippen LogP contribution in [0.4, 0.5) is 0 Å². The first kappa shape index (κ1) is 23.8. The summed E-state index contributed by atoms with van der Waals surface area (Å²) in [6.45, 7) is 3.96. The van der Waals surface area contributed by atoms with Crippen molar-refractivity contribution in [3.63, 3.8) is 0 Å². The molecule has 3 aromatic rings. The van der Waals surface area contributed by atoms with Gasteiger partial charge >= 0.3 is 0 Å². The molecule has 0 atom stereocenters. The van der Waals surface area contributed by atoms with E-state index < -0.39 is 0 Å². The van der Waals surface area contributed by atoms with Crippen molar-refractivity contribution in [3.05, 3.63) is 63.9 Å². The van der Waals surface area contributed by atoms with Gasteiger partial charge in [0.1, 0.15) is 0 Å². The minimum Gasteiger partial charge on any atom is -0.355 e. The Kier molecular flexibility index (Phi) is 8.42. The van der Waals surface area contributed by atoms with E-state index in [1.807, 2.05) is 30.3 Å². The average Bonchev–Trinajstić information content (AvgIpc) is 3.32. The molecule has 2 aromatic carbocycles. The number of carbonyl (C=O) groups is 1. The van der Waals surface area contributed by atoms with Gasteiger partial charge in [-0.05, 0) is 69.1 Å². The number of para-hydroxylation sites is 1. The van der Waals surface area contributed by atoms with Crippen molar-refractivity contribution < 1.29 is 4.79 Å². The fraction of sp³-hybridized carbons (Fsp3) is 0.400. The summed E-state index contributed by atoms with van der Waals surface area (Å²) in [6, 6.07) is 14.6. The van der Waals surface area contributed by atoms with E-state index in [2.05, 4.69) is 10.2 Å². The highest BCUT2D eigenvalue weighted by Crippen LogP contribution is 2.24. The predicted octanol–water partition coefficient (Wildman–Crippen LogP) is 4.51. The number of amides is 1. The molecule has 1 saturated heterocycles. The van der Waals surface area contributed by atoms with E-state index in [4.69, 9.17) is 16.6 Å². The molecule has 0 radical (unpaired) electrons. The molecule has 1 amide bonds. The molecule has 0 saturated carbocycles. The summed E-state index contributed by atoms with van der Waals surface area (Å²) in [5.41, 5.74) is 1.27. The van der Waals surface area contributed by atoms with Crippen molar-refractivity contribution in [2.24, 2.45) is 0 Å². The van der Waals surface area contributed by atoms with Crippen molar-refractivity contribution in [1.82, 2.24) is 19.8 Å². The van der Waals surface area contributed by atoms with Gasteiger partial charge in [-0.25, -0.2) is 4.98 Å². The largest absolute Gasteiger partial charge is 0.355 e. The van der Waals surface area contributed by atoms with Crippen LogP contribution in [0.25, 0.3) is 16.6 Å². The fourth-order valence-electron chi connectivity index (χ4n) is 4.05. The standard InChI is InChI=1S/C25H29ClN4O2S/c26-19-8-7-9-20(18-19)30-24(32)21-10-1-2-11-22(21)28-25(30)33-17-6-3-12-23(31)27-13-16-29-14-4-5-15-29/h1-2,7-11,18H,3-6,12-17H2,(H,27,31). The summed E-state index contributed by atoms with van der Waals surface area (Å²) >= 11 is 7.72. The van der Waals surface area contributed by atoms with Gasteiger partial charge in [0.15, 0.2) is 5.16 Å². The minimum atomic E-state index is -0.109. The number of nitrogens with one attached hydrogen (secondary N) is 1. The number of halogens is 1. The van der Waals surface area contributed by atoms with Crippen molar-refractivity contribution in [2.75, 3.05) is 31.9 Å². The lowest BCUT2D eigenvalue weighted by molar-refractivity contribution is -0.121. The second-order valence-corrected chi connectivity index (χ2v) is 9.73. The maximum atomic E-state index is 13.2. The van der Waals surface area contributed by atoms with Gasteiger partial charge in [-0.15, -0.1) is 0 Å². The van der Waals surface area contributed by atoms with Gasteiger partial charge in [0.2, 0.25) is 5.91 Å². The van der Waals surface area contributed by atoms with Crippen molar-refractivity contribution in [2.45, 2.75) is 37.3 Å². The predicted molar refractivity (Wildman–Crippen MR) is 136 cm³/mol. The molecule has 0 bridgehead atoms. The van der Waals surface area contributed by atoms with Gasteiger partial charge in [-0.3, -0.25) is 14.2 Å². The van der Waals surface area contributed by atoms with Crippen LogP contribution in [0.5, 0.6) is 0 Å². The summed E-state index contributed by atoms with van der Waals surface area (Å²) in [7, 11) is 0. The summed E-state index contributed by atoms with van der Waals surface area (Å²) in [5.74, 6) is 0.880. The third-order valence-corrected chi connectivity index (χ3v) is 7.05. The quantitative estimate of drug-likeness (QED) is 0.260. The van der Waals surface area contributed by atoms with Crippen LogP contribution < -0.4 is 10.9 Å². The average molecular weight is 485 g/mol. The SMILES string of the molecule is O=C(CCCCSc1nc2ccccc2c(=O)n1-c1cccc(Cl)c1)NCCN1CCCC1. The van der Waals surface area contributed by atoms with Crippen LogP contribution in [0, 0.1) is 0 Å². The molecule has 33 heavy (non-hydrogen) atoms. The number of nitrogens with zero attached hydrogens (tertiary/aromatic N) is 3. The van der Waals surface area contributed by atoms with Gasteiger partial charge in [0.05, 0.1) is 16.6 Å². The Labute approximate surface area is 203 Å². The molecule has 2 heterocycles. The van der Waals surface area contributed by atoms with E-state index in [-0.39, 0.29) is 11.5 Å². The Bertz CT molecular complexity index is 1160. The molecule has 8 heteroatoms. The van der Waals surface area contributed by atoms with E-state index in [0.717, 1.165) is 44.8 Å². The molecule has 0 unspecified atom stereocenters. The molecular weight excluding hydrogens is 456 g/mol. The molecule has 1 N–H and O–H groups in total. The second kappa shape index (κ2) is 11.7. The third-order valence-electron chi connectivity index (χ3n) is 5.79. The number of carbonyl (C=O) groups excluding carboxylic acids is 1. The normalized spacial score (nSPS) is 14.1. The maximum absolute atomic E-state index is 13.2. The Balaban J connectivity index is 1.34. The minimum absolute atomic E-state index is 0.109. The number of thioether (sulfide) groups is 1. The first-order valence-electron chi connectivity index (χ1n) is 11.5. The zero-order chi connectivity index (χ0) is 23.0. The number of benzene rings is 2. The highest BCUT2D eigenvalue weighted by Gasteiger charge is 2.14. The molecule has 174 valence electrons. The molecular formula is C25H29ClN4O2S. The van der Waals surface area contributed by atoms with Gasteiger partial charge in [-0.1, -0.05) is 41.6 Å². The summed E-state index contributed by atoms with van der Waals surface area (Å²) in [4.78, 5) is 32.5. The highest BCUT2D eigenvalue weighted by atomic mass is 35.5. The molecule has 0 aliphatic carbocycles. The number of unbranched alkanes of at least 4 members (excludes halogenated alkanes) is 1. The van der Waals surface area contributed by atoms with E-state index >= 15 is 0 Å². The van der Waals surface area contributed by atoms with Crippen molar-refractivity contribution in [3.8, 4) is 5.69 Å². The number of likely N-dealkylation sites (tertiary alicyclic amines) is 1. The topological polar surface area (TPSA) is 67.2 Å². The Morgan fingerprint density at radius 3 is 2.73 bits per heavy atom. The number of fused-ring (bicyclic) bond motifs is 1. The Morgan fingerprint density at radius 2 is 1.91 bits per heavy atom. The van der Waals surface area contributed by atoms with Crippen LogP contribution >= 0.6 is 23.4 Å². The highest BCUT2D eigenvalue weighted by molar-refractivity contribution is 7.99. The number of rotatable bonds is 10. The molecule has 0 spiro atoms. The van der Waals surface area contributed by atoms with E-state index in [0.29, 0.717) is 33.2 Å². The first-order valence-corrected chi connectivity index (χ1v) is 12.9. The van der Waals surface area contributed by atoms with E-state index in [9.17, 15) is 9.59 Å². The molecule has 1 aliphatic heterocycles. The summed E-state index contributed by atoms with van der Waals surface area (Å²) < 4.78 is 1.63. The number of aromatic nitrogens is 2. The lowest BCUT2D eigenvalue weighted by Crippen LogP contribution is -2.33. The number of hydrogen-bond donors (Lipinski definition) is 1. The number of hydrogen-bond acceptors (Lipinski definition) is 5. The molecule has 1 fully saturated rings. The molecule has 1 aromatic heterocycles. The van der Waals surface area contributed by atoms with Crippen LogP contribution in [0.3, 0.4) is 0 Å². The lowest BCUT2D eigenvalue weighted by atomic mass is 10.2. The van der Waals surface area contributed by atoms with E-state index in [1.165, 1.54) is 24.6 Å². The smallest absolute Gasteiger partial charge is 0.266 e. The fourth-order valence-corrected chi connectivity index (χ4v) is 5.25. The van der Waals surface area contributed by atoms with Crippen LogP contribution in [-0.4, -0.2) is 52.3 Å². The Hall–Kier alpha value is -2.35. The van der Waals surface area contributed by atoms with Gasteiger partial charge in [-0.2, -0.15) is 0 Å². The van der Waals surface area contributed by atoms with Crippen LogP contribution in [-0.2, 0) is 4.79 Å². The second-order valence-electron chi connectivity index (χ2n) is 8.24. The molecule has 6 nitrogen and oxygen atoms in total. The summed E-state index contributed by atoms with van der Waals surface area (Å²) in [5, 5.41) is 4.80. The van der Waals surface area contributed by atoms with Gasteiger partial charge in [0, 0.05) is 30.3 Å². The molecule has 4 rings (SSSR count). The van der Waals surface area contributed by atoms with Crippen molar-refractivity contribution >= 4 is 40.2 Å². The summed E-state index contributed by atoms with van der Waals surface area (Å²) in [6.07, 6.45) is 4.72. The zero-order valence-corrected chi connectivity index (χ0v) is 20.2.